The van der Waals surface area contributed by atoms with Gasteiger partial charge < -0.3 is 9.22 Å². The van der Waals surface area contributed by atoms with E-state index >= 15 is 39.5 Å². The third-order valence-corrected chi connectivity index (χ3v) is 8.92. The molecule has 25 heteroatoms. The second kappa shape index (κ2) is 12.3. The van der Waals surface area contributed by atoms with E-state index in [0.29, 0.717) is 18.5 Å². The summed E-state index contributed by atoms with van der Waals surface area (Å²) in [5, 5.41) is -6.28. The SMILES string of the molecule is C/C1=N\c2c3c(F)c(F)c(F)c(F)c3c3n2B(Oc2c(F)c(F)c(F)c(F)c2F)/N=C(\N=c2\c4c(F)c(F)c(F)c(F)c4/c(n2C)=N/3)c2c(F)c(F)c(F)c(F)c21. The first kappa shape index (κ1) is 37.5. The molecule has 8 rings (SSSR count). The van der Waals surface area contributed by atoms with Gasteiger partial charge in [0.05, 0.1) is 32.8 Å². The Morgan fingerprint density at radius 3 is 1.28 bits per heavy atom. The fourth-order valence-corrected chi connectivity index (χ4v) is 6.35. The lowest BCUT2D eigenvalue weighted by atomic mass is 9.97. The summed E-state index contributed by atoms with van der Waals surface area (Å²) in [5.41, 5.74) is -7.07. The predicted octanol–water partition coefficient (Wildman–Crippen LogP) is 7.90. The standard InChI is InChI=1S/C32H6BF17N6O/c1-3-4-5(11(35)17(41)16(40)10(4)34)28-52-29-6-7(13(37)19(43)18(42)12(6)36)30(55(29)2)53-32-9-8(14(38)20(44)21(45)15(9)39)31(51-3)56(32)33(54-28)57-27-25(49)23(47)22(46)24(48)26(27)50/h1-2H3/b51-3+,52-29-,53-30-,54-28-. The summed E-state index contributed by atoms with van der Waals surface area (Å²) in [6.45, 7) is 0.609. The van der Waals surface area contributed by atoms with Crippen LogP contribution in [0.1, 0.15) is 18.1 Å². The monoisotopic (exact) mass is 824 g/mol. The normalized spacial score (nSPS) is 16.6. The van der Waals surface area contributed by atoms with Gasteiger partial charge in [0, 0.05) is 12.6 Å². The highest BCUT2D eigenvalue weighted by Gasteiger charge is 2.42. The summed E-state index contributed by atoms with van der Waals surface area (Å²) < 4.78 is 263. The predicted molar refractivity (Wildman–Crippen MR) is 159 cm³/mol. The molecule has 0 aliphatic carbocycles. The van der Waals surface area contributed by atoms with Crippen LogP contribution in [-0.4, -0.2) is 27.8 Å². The number of benzene rings is 4. The fraction of sp³-hybridized carbons (Fsp3) is 0.0625. The molecule has 0 atom stereocenters. The molecule has 2 aliphatic heterocycles. The second-order valence-electron chi connectivity index (χ2n) is 12.0. The van der Waals surface area contributed by atoms with E-state index < -0.39 is 179 Å². The number of halogens is 17. The van der Waals surface area contributed by atoms with Gasteiger partial charge in [0.15, 0.2) is 81.4 Å². The minimum absolute atomic E-state index is 0.112. The second-order valence-corrected chi connectivity index (χ2v) is 12.0. The molecule has 2 aliphatic rings. The first-order chi connectivity index (χ1) is 26.7. The van der Waals surface area contributed by atoms with Gasteiger partial charge in [-0.25, -0.2) is 80.8 Å². The molecule has 6 aromatic rings. The summed E-state index contributed by atoms with van der Waals surface area (Å²) in [6.07, 6.45) is 0. The molecule has 7 nitrogen and oxygen atoms in total. The molecule has 0 unspecified atom stereocenters. The van der Waals surface area contributed by atoms with Gasteiger partial charge in [0.25, 0.3) is 0 Å². The Hall–Kier alpha value is -6.43. The van der Waals surface area contributed by atoms with Crippen LogP contribution in [0.15, 0.2) is 19.9 Å². The van der Waals surface area contributed by atoms with Gasteiger partial charge in [-0.2, -0.15) is 8.78 Å². The zero-order chi connectivity index (χ0) is 41.6. The summed E-state index contributed by atoms with van der Waals surface area (Å²) in [5.74, 6) is -51.3. The third kappa shape index (κ3) is 4.76. The van der Waals surface area contributed by atoms with Crippen LogP contribution < -0.4 is 15.6 Å². The number of aromatic nitrogens is 2. The Bertz CT molecular complexity index is 3090. The average Bonchev–Trinajstić information content (AvgIpc) is 3.64. The number of hydrogen-bond acceptors (Lipinski definition) is 5. The number of rotatable bonds is 2. The lowest BCUT2D eigenvalue weighted by Gasteiger charge is -2.18. The Labute approximate surface area is 301 Å². The Morgan fingerprint density at radius 1 is 0.421 bits per heavy atom. The molecule has 0 fully saturated rings. The zero-order valence-electron chi connectivity index (χ0n) is 27.1. The molecule has 2 aromatic heterocycles. The Kier molecular flexibility index (Phi) is 8.08. The van der Waals surface area contributed by atoms with Crippen LogP contribution in [0.5, 0.6) is 5.75 Å². The number of nitrogens with zero attached hydrogens (tertiary/aromatic N) is 6. The van der Waals surface area contributed by atoms with Gasteiger partial charge in [0.2, 0.25) is 29.1 Å². The molecule has 0 N–H and O–H groups in total. The third-order valence-electron chi connectivity index (χ3n) is 8.92. The van der Waals surface area contributed by atoms with Crippen LogP contribution in [0.4, 0.5) is 86.3 Å². The first-order valence-corrected chi connectivity index (χ1v) is 15.1. The van der Waals surface area contributed by atoms with Crippen molar-refractivity contribution < 1.29 is 79.3 Å². The molecule has 292 valence electrons. The average molecular weight is 824 g/mol. The van der Waals surface area contributed by atoms with Crippen LogP contribution in [-0.2, 0) is 7.05 Å². The van der Waals surface area contributed by atoms with Gasteiger partial charge >= 0.3 is 7.19 Å². The Morgan fingerprint density at radius 2 is 0.789 bits per heavy atom. The van der Waals surface area contributed by atoms with E-state index in [1.54, 1.807) is 0 Å². The topological polar surface area (TPSA) is 68.5 Å². The van der Waals surface area contributed by atoms with Crippen molar-refractivity contribution in [3.05, 3.63) is 121 Å². The molecule has 4 heterocycles. The van der Waals surface area contributed by atoms with E-state index in [4.69, 9.17) is 4.65 Å². The maximum absolute atomic E-state index is 16.0. The van der Waals surface area contributed by atoms with E-state index in [1.807, 2.05) is 0 Å². The van der Waals surface area contributed by atoms with Crippen molar-refractivity contribution in [2.24, 2.45) is 26.9 Å². The number of amidine groups is 1. The maximum Gasteiger partial charge on any atom is 0.646 e. The minimum Gasteiger partial charge on any atom is -0.517 e. The molecule has 4 bridgehead atoms. The molecular weight excluding hydrogens is 818 g/mol. The molecule has 57 heavy (non-hydrogen) atoms. The van der Waals surface area contributed by atoms with Gasteiger partial charge in [-0.15, -0.1) is 0 Å². The lowest BCUT2D eigenvalue weighted by molar-refractivity contribution is 0.347. The van der Waals surface area contributed by atoms with Crippen molar-refractivity contribution >= 4 is 51.9 Å². The van der Waals surface area contributed by atoms with Gasteiger partial charge in [-0.05, 0) is 6.92 Å². The van der Waals surface area contributed by atoms with Crippen LogP contribution in [0.3, 0.4) is 0 Å². The van der Waals surface area contributed by atoms with E-state index in [1.165, 1.54) is 0 Å². The quantitative estimate of drug-likeness (QED) is 0.0759. The number of aliphatic imine (C=N–C) groups is 1. The fourth-order valence-electron chi connectivity index (χ4n) is 6.35. The summed E-state index contributed by atoms with van der Waals surface area (Å²) in [7, 11) is -2.52. The molecule has 0 spiro atoms. The van der Waals surface area contributed by atoms with Crippen LogP contribution >= 0.6 is 0 Å². The molecule has 0 amide bonds. The van der Waals surface area contributed by atoms with E-state index in [0.717, 1.165) is 0 Å². The van der Waals surface area contributed by atoms with Crippen LogP contribution in [0.2, 0.25) is 0 Å². The van der Waals surface area contributed by atoms with Crippen LogP contribution in [0, 0.1) is 98.9 Å². The van der Waals surface area contributed by atoms with Crippen molar-refractivity contribution in [1.82, 2.24) is 9.05 Å². The Balaban J connectivity index is 1.75. The summed E-state index contributed by atoms with van der Waals surface area (Å²) in [4.78, 5) is 14.8. The van der Waals surface area contributed by atoms with Crippen molar-refractivity contribution in [2.45, 2.75) is 6.92 Å². The van der Waals surface area contributed by atoms with Crippen molar-refractivity contribution in [1.29, 1.82) is 0 Å². The van der Waals surface area contributed by atoms with E-state index in [2.05, 4.69) is 19.9 Å². The molecule has 4 aromatic carbocycles. The lowest BCUT2D eigenvalue weighted by Crippen LogP contribution is -2.34. The summed E-state index contributed by atoms with van der Waals surface area (Å²) >= 11 is 0. The van der Waals surface area contributed by atoms with Gasteiger partial charge in [-0.3, -0.25) is 9.38 Å². The van der Waals surface area contributed by atoms with Crippen molar-refractivity contribution in [3.8, 4) is 5.75 Å². The highest BCUT2D eigenvalue weighted by Crippen LogP contribution is 2.45. The number of fused-ring (bicyclic) bond motifs is 11. The van der Waals surface area contributed by atoms with Crippen LogP contribution in [0.25, 0.3) is 21.5 Å². The highest BCUT2D eigenvalue weighted by molar-refractivity contribution is 6.54. The van der Waals surface area contributed by atoms with E-state index in [9.17, 15) is 35.1 Å². The summed E-state index contributed by atoms with van der Waals surface area (Å²) in [6, 6.07) is 0. The number of hydrogen-bond donors (Lipinski definition) is 0. The van der Waals surface area contributed by atoms with Crippen molar-refractivity contribution in [3.63, 3.8) is 0 Å². The molecule has 0 radical (unpaired) electrons. The minimum atomic E-state index is -3.24. The van der Waals surface area contributed by atoms with Gasteiger partial charge in [0.1, 0.15) is 22.6 Å². The zero-order valence-corrected chi connectivity index (χ0v) is 27.1. The molecule has 0 saturated heterocycles. The first-order valence-electron chi connectivity index (χ1n) is 15.1. The van der Waals surface area contributed by atoms with Crippen molar-refractivity contribution in [2.75, 3.05) is 0 Å². The van der Waals surface area contributed by atoms with E-state index in [-0.39, 0.29) is 4.48 Å². The largest absolute Gasteiger partial charge is 0.646 e. The smallest absolute Gasteiger partial charge is 0.517 e. The highest BCUT2D eigenvalue weighted by atomic mass is 19.2. The molecular formula is C32H6BF17N6O. The maximum atomic E-state index is 16.0. The van der Waals surface area contributed by atoms with Gasteiger partial charge in [-0.1, -0.05) is 0 Å². The molecule has 0 saturated carbocycles.